The van der Waals surface area contributed by atoms with Gasteiger partial charge in [0, 0.05) is 17.3 Å². The standard InChI is InChI=1S/C17H17NO6S3/c1-11-15(10-16(19)24-2)14-8-9-25-17(14)18(11)27(22,23)13-6-4-12(5-7-13)26(3,20)21/h4-9H,10H2,1-3H3. The molecule has 0 radical (unpaired) electrons. The van der Waals surface area contributed by atoms with Crippen LogP contribution in [0.5, 0.6) is 0 Å². The smallest absolute Gasteiger partial charge is 0.310 e. The van der Waals surface area contributed by atoms with Crippen molar-refractivity contribution in [1.29, 1.82) is 0 Å². The number of hydrogen-bond donors (Lipinski definition) is 0. The molecule has 0 fully saturated rings. The molecule has 1 aromatic carbocycles. The minimum atomic E-state index is -3.97. The van der Waals surface area contributed by atoms with Crippen LogP contribution in [-0.2, 0) is 35.8 Å². The van der Waals surface area contributed by atoms with Crippen LogP contribution < -0.4 is 0 Å². The van der Waals surface area contributed by atoms with E-state index in [2.05, 4.69) is 0 Å². The quantitative estimate of drug-likeness (QED) is 0.580. The number of sulfone groups is 1. The third kappa shape index (κ3) is 3.40. The number of hydrogen-bond acceptors (Lipinski definition) is 7. The molecule has 3 rings (SSSR count). The largest absolute Gasteiger partial charge is 0.469 e. The maximum absolute atomic E-state index is 13.2. The summed E-state index contributed by atoms with van der Waals surface area (Å²) in [5.41, 5.74) is 1.02. The van der Waals surface area contributed by atoms with E-state index in [0.29, 0.717) is 21.5 Å². The van der Waals surface area contributed by atoms with E-state index in [4.69, 9.17) is 4.74 Å². The molecule has 2 aromatic heterocycles. The van der Waals surface area contributed by atoms with E-state index >= 15 is 0 Å². The summed E-state index contributed by atoms with van der Waals surface area (Å²) < 4.78 is 55.5. The highest BCUT2D eigenvalue weighted by Gasteiger charge is 2.27. The second kappa shape index (κ2) is 6.77. The number of esters is 1. The maximum Gasteiger partial charge on any atom is 0.310 e. The van der Waals surface area contributed by atoms with Gasteiger partial charge >= 0.3 is 5.97 Å². The second-order valence-corrected chi connectivity index (χ2v) is 10.7. The number of carbonyl (C=O) groups is 1. The molecular formula is C17H17NO6S3. The summed E-state index contributed by atoms with van der Waals surface area (Å²) in [5, 5.41) is 2.43. The first kappa shape index (κ1) is 19.6. The zero-order chi connectivity index (χ0) is 20.0. The van der Waals surface area contributed by atoms with E-state index < -0.39 is 25.8 Å². The highest BCUT2D eigenvalue weighted by molar-refractivity contribution is 7.91. The summed E-state index contributed by atoms with van der Waals surface area (Å²) in [7, 11) is -6.12. The SMILES string of the molecule is COC(=O)Cc1c(C)n(S(=O)(=O)c2ccc(S(C)(=O)=O)cc2)c2sccc12. The first-order chi connectivity index (χ1) is 12.6. The lowest BCUT2D eigenvalue weighted by Gasteiger charge is -2.10. The monoisotopic (exact) mass is 427 g/mol. The lowest BCUT2D eigenvalue weighted by molar-refractivity contribution is -0.139. The molecule has 0 bridgehead atoms. The molecule has 0 unspecified atom stereocenters. The second-order valence-electron chi connectivity index (χ2n) is 5.97. The lowest BCUT2D eigenvalue weighted by Crippen LogP contribution is -2.15. The predicted molar refractivity (Wildman–Crippen MR) is 102 cm³/mol. The molecular weight excluding hydrogens is 410 g/mol. The summed E-state index contributed by atoms with van der Waals surface area (Å²) in [4.78, 5) is 12.2. The van der Waals surface area contributed by atoms with E-state index in [-0.39, 0.29) is 16.2 Å². The Hall–Kier alpha value is -2.17. The number of thiophene rings is 1. The van der Waals surface area contributed by atoms with E-state index in [1.807, 2.05) is 0 Å². The lowest BCUT2D eigenvalue weighted by atomic mass is 10.1. The van der Waals surface area contributed by atoms with Crippen LogP contribution in [0.25, 0.3) is 10.2 Å². The van der Waals surface area contributed by atoms with Gasteiger partial charge in [0.15, 0.2) is 9.84 Å². The average molecular weight is 428 g/mol. The van der Waals surface area contributed by atoms with Crippen LogP contribution in [-0.4, -0.2) is 40.1 Å². The summed E-state index contributed by atoms with van der Waals surface area (Å²) >= 11 is 1.25. The Morgan fingerprint density at radius 2 is 1.67 bits per heavy atom. The Morgan fingerprint density at radius 3 is 2.22 bits per heavy atom. The molecule has 0 spiro atoms. The van der Waals surface area contributed by atoms with Gasteiger partial charge < -0.3 is 4.74 Å². The minimum absolute atomic E-state index is 0.0343. The zero-order valence-electron chi connectivity index (χ0n) is 14.8. The number of fused-ring (bicyclic) bond motifs is 1. The Labute approximate surface area is 161 Å². The molecule has 0 saturated heterocycles. The minimum Gasteiger partial charge on any atom is -0.469 e. The van der Waals surface area contributed by atoms with Crippen molar-refractivity contribution in [1.82, 2.24) is 3.97 Å². The highest BCUT2D eigenvalue weighted by atomic mass is 32.2. The van der Waals surface area contributed by atoms with Crippen molar-refractivity contribution in [2.45, 2.75) is 23.1 Å². The van der Waals surface area contributed by atoms with Gasteiger partial charge in [-0.2, -0.15) is 0 Å². The molecule has 0 amide bonds. The number of rotatable bonds is 5. The fraction of sp³-hybridized carbons (Fsp3) is 0.235. The number of methoxy groups -OCH3 is 1. The Balaban J connectivity index is 2.18. The summed E-state index contributed by atoms with van der Waals surface area (Å²) in [5.74, 6) is -0.460. The molecule has 0 aliphatic rings. The molecule has 0 atom stereocenters. The Kier molecular flexibility index (Phi) is 4.91. The number of nitrogens with zero attached hydrogens (tertiary/aromatic N) is 1. The molecule has 27 heavy (non-hydrogen) atoms. The topological polar surface area (TPSA) is 99.5 Å². The van der Waals surface area contributed by atoms with E-state index in [1.54, 1.807) is 18.4 Å². The van der Waals surface area contributed by atoms with Crippen LogP contribution in [0.15, 0.2) is 45.5 Å². The van der Waals surface area contributed by atoms with Crippen LogP contribution in [0.1, 0.15) is 11.3 Å². The summed E-state index contributed by atoms with van der Waals surface area (Å²) in [6.45, 7) is 1.63. The number of carbonyl (C=O) groups excluding carboxylic acids is 1. The molecule has 2 heterocycles. The molecule has 0 aliphatic heterocycles. The van der Waals surface area contributed by atoms with Crippen LogP contribution >= 0.6 is 11.3 Å². The third-order valence-electron chi connectivity index (χ3n) is 4.23. The van der Waals surface area contributed by atoms with Gasteiger partial charge in [-0.15, -0.1) is 11.3 Å². The van der Waals surface area contributed by atoms with Crippen LogP contribution in [0, 0.1) is 6.92 Å². The van der Waals surface area contributed by atoms with Gasteiger partial charge in [-0.1, -0.05) is 0 Å². The number of benzene rings is 1. The van der Waals surface area contributed by atoms with Crippen molar-refractivity contribution < 1.29 is 26.4 Å². The molecule has 0 saturated carbocycles. The van der Waals surface area contributed by atoms with Gasteiger partial charge in [-0.3, -0.25) is 4.79 Å². The highest BCUT2D eigenvalue weighted by Crippen LogP contribution is 2.34. The fourth-order valence-electron chi connectivity index (χ4n) is 2.85. The first-order valence-corrected chi connectivity index (χ1v) is 12.0. The summed E-state index contributed by atoms with van der Waals surface area (Å²) in [6, 6.07) is 6.84. The Bertz CT molecular complexity index is 1230. The van der Waals surface area contributed by atoms with Crippen LogP contribution in [0.3, 0.4) is 0 Å². The van der Waals surface area contributed by atoms with E-state index in [1.165, 1.54) is 46.7 Å². The van der Waals surface area contributed by atoms with Gasteiger partial charge in [-0.25, -0.2) is 20.8 Å². The van der Waals surface area contributed by atoms with Crippen molar-refractivity contribution in [3.8, 4) is 0 Å². The van der Waals surface area contributed by atoms with Crippen molar-refractivity contribution in [2.75, 3.05) is 13.4 Å². The molecule has 7 nitrogen and oxygen atoms in total. The van der Waals surface area contributed by atoms with Gasteiger partial charge in [0.1, 0.15) is 4.83 Å². The van der Waals surface area contributed by atoms with Crippen molar-refractivity contribution >= 4 is 47.4 Å². The van der Waals surface area contributed by atoms with Gasteiger partial charge in [-0.05, 0) is 48.2 Å². The summed E-state index contributed by atoms with van der Waals surface area (Å²) in [6.07, 6.45) is 1.02. The van der Waals surface area contributed by atoms with Gasteiger partial charge in [0.05, 0.1) is 23.3 Å². The molecule has 144 valence electrons. The fourth-order valence-corrected chi connectivity index (χ4v) is 6.27. The molecule has 0 aliphatic carbocycles. The predicted octanol–water partition coefficient (Wildman–Crippen LogP) is 2.37. The Morgan fingerprint density at radius 1 is 1.07 bits per heavy atom. The molecule has 10 heteroatoms. The first-order valence-electron chi connectivity index (χ1n) is 7.77. The van der Waals surface area contributed by atoms with Gasteiger partial charge in [0.25, 0.3) is 10.0 Å². The zero-order valence-corrected chi connectivity index (χ0v) is 17.2. The molecule has 0 N–H and O–H groups in total. The normalized spacial score (nSPS) is 12.4. The van der Waals surface area contributed by atoms with E-state index in [9.17, 15) is 21.6 Å². The number of ether oxygens (including phenoxy) is 1. The maximum atomic E-state index is 13.2. The average Bonchev–Trinajstić information content (AvgIpc) is 3.16. The molecule has 3 aromatic rings. The van der Waals surface area contributed by atoms with Crippen molar-refractivity contribution in [2.24, 2.45) is 0 Å². The van der Waals surface area contributed by atoms with Crippen molar-refractivity contribution in [3.05, 3.63) is 47.0 Å². The van der Waals surface area contributed by atoms with Crippen LogP contribution in [0.4, 0.5) is 0 Å². The van der Waals surface area contributed by atoms with E-state index in [0.717, 1.165) is 6.26 Å². The van der Waals surface area contributed by atoms with Gasteiger partial charge in [0.2, 0.25) is 0 Å². The van der Waals surface area contributed by atoms with Crippen molar-refractivity contribution in [3.63, 3.8) is 0 Å². The number of aromatic nitrogens is 1. The third-order valence-corrected chi connectivity index (χ3v) is 8.18. The van der Waals surface area contributed by atoms with Crippen LogP contribution in [0.2, 0.25) is 0 Å².